The van der Waals surface area contributed by atoms with Crippen molar-refractivity contribution in [1.29, 1.82) is 0 Å². The standard InChI is InChI=1S/C14H23N3O/c1-12-6-5-7-13(12)14(18)17(15-2)11-10-16-8-3-4-9-16/h5,7,15H,3-4,6,8-11H2,1-2H3. The maximum absolute atomic E-state index is 12.3. The molecule has 0 aromatic rings. The largest absolute Gasteiger partial charge is 0.302 e. The van der Waals surface area contributed by atoms with Crippen molar-refractivity contribution in [1.82, 2.24) is 15.3 Å². The molecular formula is C14H23N3O. The Balaban J connectivity index is 1.89. The predicted octanol–water partition coefficient (Wildman–Crippen LogP) is 1.32. The second-order valence-corrected chi connectivity index (χ2v) is 5.03. The number of carbonyl (C=O) groups is 1. The zero-order valence-electron chi connectivity index (χ0n) is 11.4. The van der Waals surface area contributed by atoms with Crippen LogP contribution in [-0.4, -0.2) is 49.0 Å². The fourth-order valence-corrected chi connectivity index (χ4v) is 2.57. The molecule has 0 bridgehead atoms. The van der Waals surface area contributed by atoms with Crippen LogP contribution in [0, 0.1) is 0 Å². The summed E-state index contributed by atoms with van der Waals surface area (Å²) in [5, 5.41) is 1.73. The number of amides is 1. The molecule has 0 aromatic carbocycles. The highest BCUT2D eigenvalue weighted by Crippen LogP contribution is 2.19. The molecule has 1 saturated heterocycles. The highest BCUT2D eigenvalue weighted by Gasteiger charge is 2.20. The summed E-state index contributed by atoms with van der Waals surface area (Å²) in [7, 11) is 1.82. The molecule has 1 aliphatic carbocycles. The first-order valence-corrected chi connectivity index (χ1v) is 6.80. The van der Waals surface area contributed by atoms with Gasteiger partial charge in [0, 0.05) is 19.2 Å². The van der Waals surface area contributed by atoms with Crippen LogP contribution in [0.15, 0.2) is 23.3 Å². The van der Waals surface area contributed by atoms with E-state index >= 15 is 0 Å². The van der Waals surface area contributed by atoms with Crippen molar-refractivity contribution in [2.75, 3.05) is 33.2 Å². The summed E-state index contributed by atoms with van der Waals surface area (Å²) in [5.74, 6) is 0.1000. The molecule has 0 unspecified atom stereocenters. The van der Waals surface area contributed by atoms with Gasteiger partial charge in [0.25, 0.3) is 5.91 Å². The van der Waals surface area contributed by atoms with Gasteiger partial charge in [-0.3, -0.25) is 9.80 Å². The van der Waals surface area contributed by atoms with E-state index in [-0.39, 0.29) is 5.91 Å². The number of rotatable bonds is 5. The van der Waals surface area contributed by atoms with Crippen LogP contribution < -0.4 is 5.43 Å². The van der Waals surface area contributed by atoms with Crippen LogP contribution in [0.2, 0.25) is 0 Å². The van der Waals surface area contributed by atoms with Crippen molar-refractivity contribution in [3.63, 3.8) is 0 Å². The van der Waals surface area contributed by atoms with Gasteiger partial charge in [-0.1, -0.05) is 17.7 Å². The van der Waals surface area contributed by atoms with Crippen molar-refractivity contribution in [3.8, 4) is 0 Å². The zero-order chi connectivity index (χ0) is 13.0. The first kappa shape index (κ1) is 13.3. The van der Waals surface area contributed by atoms with Gasteiger partial charge in [0.2, 0.25) is 0 Å². The van der Waals surface area contributed by atoms with E-state index in [2.05, 4.69) is 16.4 Å². The molecule has 4 nitrogen and oxygen atoms in total. The molecule has 0 spiro atoms. The molecule has 1 amide bonds. The van der Waals surface area contributed by atoms with E-state index in [0.29, 0.717) is 0 Å². The van der Waals surface area contributed by atoms with Gasteiger partial charge in [-0.05, 0) is 39.3 Å². The molecule has 0 aromatic heterocycles. The van der Waals surface area contributed by atoms with Gasteiger partial charge in [-0.15, -0.1) is 0 Å². The van der Waals surface area contributed by atoms with E-state index in [1.54, 1.807) is 5.01 Å². The first-order valence-electron chi connectivity index (χ1n) is 6.80. The fourth-order valence-electron chi connectivity index (χ4n) is 2.57. The predicted molar refractivity (Wildman–Crippen MR) is 72.9 cm³/mol. The number of carbonyl (C=O) groups excluding carboxylic acids is 1. The van der Waals surface area contributed by atoms with Gasteiger partial charge in [-0.25, -0.2) is 5.43 Å². The normalized spacial score (nSPS) is 19.9. The molecule has 0 atom stereocenters. The Morgan fingerprint density at radius 3 is 2.72 bits per heavy atom. The van der Waals surface area contributed by atoms with Crippen LogP contribution in [0.4, 0.5) is 0 Å². The van der Waals surface area contributed by atoms with Gasteiger partial charge in [0.05, 0.1) is 6.54 Å². The van der Waals surface area contributed by atoms with E-state index < -0.39 is 0 Å². The molecule has 4 heteroatoms. The van der Waals surface area contributed by atoms with Crippen molar-refractivity contribution < 1.29 is 4.79 Å². The molecular weight excluding hydrogens is 226 g/mol. The Bertz CT molecular complexity index is 367. The van der Waals surface area contributed by atoms with Crippen LogP contribution in [0.3, 0.4) is 0 Å². The molecule has 1 N–H and O–H groups in total. The Morgan fingerprint density at radius 1 is 1.44 bits per heavy atom. The third-order valence-corrected chi connectivity index (χ3v) is 3.75. The molecule has 1 fully saturated rings. The number of likely N-dealkylation sites (tertiary alicyclic amines) is 1. The van der Waals surface area contributed by atoms with Gasteiger partial charge in [0.1, 0.15) is 0 Å². The molecule has 2 aliphatic rings. The van der Waals surface area contributed by atoms with Gasteiger partial charge >= 0.3 is 0 Å². The van der Waals surface area contributed by atoms with Gasteiger partial charge < -0.3 is 4.90 Å². The van der Waals surface area contributed by atoms with E-state index in [4.69, 9.17) is 0 Å². The van der Waals surface area contributed by atoms with Crippen LogP contribution in [-0.2, 0) is 4.79 Å². The van der Waals surface area contributed by atoms with Crippen molar-refractivity contribution >= 4 is 5.91 Å². The third kappa shape index (κ3) is 3.00. The second-order valence-electron chi connectivity index (χ2n) is 5.03. The topological polar surface area (TPSA) is 35.6 Å². The van der Waals surface area contributed by atoms with Crippen molar-refractivity contribution in [2.45, 2.75) is 26.2 Å². The average Bonchev–Trinajstić information content (AvgIpc) is 3.00. The van der Waals surface area contributed by atoms with E-state index in [9.17, 15) is 4.79 Å². The van der Waals surface area contributed by atoms with Crippen LogP contribution >= 0.6 is 0 Å². The fraction of sp³-hybridized carbons (Fsp3) is 0.643. The molecule has 100 valence electrons. The first-order chi connectivity index (χ1) is 8.72. The Morgan fingerprint density at radius 2 is 2.17 bits per heavy atom. The molecule has 1 aliphatic heterocycles. The summed E-state index contributed by atoms with van der Waals surface area (Å²) < 4.78 is 0. The number of hydrogen-bond donors (Lipinski definition) is 1. The van der Waals surface area contributed by atoms with Gasteiger partial charge in [0.15, 0.2) is 0 Å². The molecule has 0 saturated carbocycles. The van der Waals surface area contributed by atoms with E-state index in [1.165, 1.54) is 31.5 Å². The summed E-state index contributed by atoms with van der Waals surface area (Å²) in [4.78, 5) is 14.7. The minimum atomic E-state index is 0.1000. The van der Waals surface area contributed by atoms with Crippen molar-refractivity contribution in [3.05, 3.63) is 23.3 Å². The Kier molecular flexibility index (Phi) is 4.55. The van der Waals surface area contributed by atoms with Crippen LogP contribution in [0.1, 0.15) is 26.2 Å². The summed E-state index contributed by atoms with van der Waals surface area (Å²) in [6.07, 6.45) is 7.49. The lowest BCUT2D eigenvalue weighted by Gasteiger charge is -2.24. The van der Waals surface area contributed by atoms with Crippen LogP contribution in [0.5, 0.6) is 0 Å². The lowest BCUT2D eigenvalue weighted by molar-refractivity contribution is -0.129. The number of allylic oxidation sites excluding steroid dienone is 2. The van der Waals surface area contributed by atoms with Crippen molar-refractivity contribution in [2.24, 2.45) is 0 Å². The maximum Gasteiger partial charge on any atom is 0.267 e. The van der Waals surface area contributed by atoms with Gasteiger partial charge in [-0.2, -0.15) is 0 Å². The molecule has 2 rings (SSSR count). The number of nitrogens with zero attached hydrogens (tertiary/aromatic N) is 2. The molecule has 0 radical (unpaired) electrons. The zero-order valence-corrected chi connectivity index (χ0v) is 11.4. The molecule has 18 heavy (non-hydrogen) atoms. The van der Waals surface area contributed by atoms with Crippen LogP contribution in [0.25, 0.3) is 0 Å². The average molecular weight is 249 g/mol. The minimum Gasteiger partial charge on any atom is -0.302 e. The second kappa shape index (κ2) is 6.16. The number of hydrazine groups is 1. The summed E-state index contributed by atoms with van der Waals surface area (Å²) in [6, 6.07) is 0. The summed E-state index contributed by atoms with van der Waals surface area (Å²) in [6.45, 7) is 6.09. The molecule has 1 heterocycles. The highest BCUT2D eigenvalue weighted by atomic mass is 16.2. The minimum absolute atomic E-state index is 0.1000. The number of nitrogens with one attached hydrogen (secondary N) is 1. The maximum atomic E-state index is 12.3. The summed E-state index contributed by atoms with van der Waals surface area (Å²) in [5.41, 5.74) is 5.03. The van der Waals surface area contributed by atoms with E-state index in [1.807, 2.05) is 20.0 Å². The lowest BCUT2D eigenvalue weighted by Crippen LogP contribution is -2.45. The van der Waals surface area contributed by atoms with E-state index in [0.717, 1.165) is 25.1 Å². The summed E-state index contributed by atoms with van der Waals surface area (Å²) >= 11 is 0. The Hall–Kier alpha value is -1.13. The SMILES string of the molecule is CNN(CCN1CCCC1)C(=O)C1=C(C)CC=C1. The third-order valence-electron chi connectivity index (χ3n) is 3.75. The monoisotopic (exact) mass is 249 g/mol. The smallest absolute Gasteiger partial charge is 0.267 e. The Labute approximate surface area is 109 Å². The number of hydrogen-bond acceptors (Lipinski definition) is 3. The highest BCUT2D eigenvalue weighted by molar-refractivity contribution is 5.97. The quantitative estimate of drug-likeness (QED) is 0.747. The lowest BCUT2D eigenvalue weighted by atomic mass is 10.1.